The molecule has 0 aliphatic carbocycles. The highest BCUT2D eigenvalue weighted by atomic mass is 19.1. The summed E-state index contributed by atoms with van der Waals surface area (Å²) >= 11 is 0. The Morgan fingerprint density at radius 3 is 2.42 bits per heavy atom. The SMILES string of the molecule is Cc1ccc(C(=O)Nc2ccc(Nc3ccc(F)cc3F)cn2)cc1C. The zero-order valence-corrected chi connectivity index (χ0v) is 14.3. The Hall–Kier alpha value is -3.28. The maximum Gasteiger partial charge on any atom is 0.256 e. The van der Waals surface area contributed by atoms with Gasteiger partial charge in [-0.15, -0.1) is 0 Å². The Bertz CT molecular complexity index is 956. The van der Waals surface area contributed by atoms with E-state index < -0.39 is 11.6 Å². The molecule has 0 spiro atoms. The molecule has 0 atom stereocenters. The molecular weight excluding hydrogens is 336 g/mol. The number of pyridine rings is 1. The number of anilines is 3. The molecule has 1 aromatic heterocycles. The Morgan fingerprint density at radius 1 is 0.962 bits per heavy atom. The van der Waals surface area contributed by atoms with Crippen LogP contribution < -0.4 is 10.6 Å². The minimum Gasteiger partial charge on any atom is -0.352 e. The number of hydrogen-bond donors (Lipinski definition) is 2. The third-order valence-corrected chi connectivity index (χ3v) is 3.98. The molecular formula is C20H17F2N3O. The maximum absolute atomic E-state index is 13.7. The largest absolute Gasteiger partial charge is 0.352 e. The molecule has 1 amide bonds. The molecule has 0 aliphatic heterocycles. The number of carbonyl (C=O) groups excluding carboxylic acids is 1. The van der Waals surface area contributed by atoms with Crippen LogP contribution in [0, 0.1) is 25.5 Å². The van der Waals surface area contributed by atoms with Crippen molar-refractivity contribution >= 4 is 23.1 Å². The van der Waals surface area contributed by atoms with Crippen LogP contribution in [0.1, 0.15) is 21.5 Å². The van der Waals surface area contributed by atoms with E-state index in [1.165, 1.54) is 12.3 Å². The van der Waals surface area contributed by atoms with Crippen LogP contribution in [0.15, 0.2) is 54.7 Å². The highest BCUT2D eigenvalue weighted by molar-refractivity contribution is 6.03. The van der Waals surface area contributed by atoms with Crippen molar-refractivity contribution in [1.82, 2.24) is 4.98 Å². The van der Waals surface area contributed by atoms with E-state index in [9.17, 15) is 13.6 Å². The Labute approximate surface area is 149 Å². The first-order valence-corrected chi connectivity index (χ1v) is 7.99. The van der Waals surface area contributed by atoms with Crippen LogP contribution in [0.2, 0.25) is 0 Å². The second-order valence-corrected chi connectivity index (χ2v) is 5.93. The van der Waals surface area contributed by atoms with Crippen molar-refractivity contribution < 1.29 is 13.6 Å². The van der Waals surface area contributed by atoms with Gasteiger partial charge in [0.15, 0.2) is 0 Å². The molecule has 132 valence electrons. The van der Waals surface area contributed by atoms with E-state index >= 15 is 0 Å². The van der Waals surface area contributed by atoms with Crippen molar-refractivity contribution in [3.05, 3.63) is 83.1 Å². The zero-order chi connectivity index (χ0) is 18.7. The predicted octanol–water partition coefficient (Wildman–Crippen LogP) is 4.97. The molecule has 2 N–H and O–H groups in total. The molecule has 0 fully saturated rings. The number of hydrogen-bond acceptors (Lipinski definition) is 3. The lowest BCUT2D eigenvalue weighted by Crippen LogP contribution is -2.13. The number of amides is 1. The van der Waals surface area contributed by atoms with Gasteiger partial charge in [0.1, 0.15) is 17.5 Å². The summed E-state index contributed by atoms with van der Waals surface area (Å²) in [5.74, 6) is -1.23. The molecule has 1 heterocycles. The maximum atomic E-state index is 13.7. The van der Waals surface area contributed by atoms with Gasteiger partial charge in [0.25, 0.3) is 5.91 Å². The Balaban J connectivity index is 1.69. The van der Waals surface area contributed by atoms with Gasteiger partial charge in [0.05, 0.1) is 17.6 Å². The summed E-state index contributed by atoms with van der Waals surface area (Å²) < 4.78 is 26.6. The van der Waals surface area contributed by atoms with Crippen molar-refractivity contribution in [2.75, 3.05) is 10.6 Å². The minimum absolute atomic E-state index is 0.139. The number of rotatable bonds is 4. The van der Waals surface area contributed by atoms with Gasteiger partial charge in [-0.3, -0.25) is 4.79 Å². The van der Waals surface area contributed by atoms with Crippen LogP contribution >= 0.6 is 0 Å². The minimum atomic E-state index is -0.697. The second-order valence-electron chi connectivity index (χ2n) is 5.93. The summed E-state index contributed by atoms with van der Waals surface area (Å²) in [4.78, 5) is 16.4. The van der Waals surface area contributed by atoms with E-state index in [2.05, 4.69) is 15.6 Å². The fourth-order valence-corrected chi connectivity index (χ4v) is 2.36. The van der Waals surface area contributed by atoms with Crippen molar-refractivity contribution in [2.45, 2.75) is 13.8 Å². The number of nitrogens with zero attached hydrogens (tertiary/aromatic N) is 1. The average molecular weight is 353 g/mol. The predicted molar refractivity (Wildman–Crippen MR) is 97.7 cm³/mol. The third-order valence-electron chi connectivity index (χ3n) is 3.98. The van der Waals surface area contributed by atoms with Crippen LogP contribution in [0.25, 0.3) is 0 Å². The van der Waals surface area contributed by atoms with Crippen LogP contribution in [0.4, 0.5) is 26.0 Å². The van der Waals surface area contributed by atoms with E-state index in [1.54, 1.807) is 18.2 Å². The first-order valence-electron chi connectivity index (χ1n) is 7.99. The first kappa shape index (κ1) is 17.5. The number of aryl methyl sites for hydroxylation is 2. The van der Waals surface area contributed by atoms with E-state index in [4.69, 9.17) is 0 Å². The molecule has 0 aliphatic rings. The third kappa shape index (κ3) is 4.03. The summed E-state index contributed by atoms with van der Waals surface area (Å²) in [5, 5.41) is 5.52. The zero-order valence-electron chi connectivity index (χ0n) is 14.3. The molecule has 26 heavy (non-hydrogen) atoms. The lowest BCUT2D eigenvalue weighted by molar-refractivity contribution is 0.102. The van der Waals surface area contributed by atoms with Crippen LogP contribution in [-0.2, 0) is 0 Å². The molecule has 3 aromatic rings. The number of benzene rings is 2. The first-order chi connectivity index (χ1) is 12.4. The summed E-state index contributed by atoms with van der Waals surface area (Å²) in [7, 11) is 0. The van der Waals surface area contributed by atoms with E-state index in [1.807, 2.05) is 26.0 Å². The van der Waals surface area contributed by atoms with Gasteiger partial charge in [-0.2, -0.15) is 0 Å². The summed E-state index contributed by atoms with van der Waals surface area (Å²) in [6.45, 7) is 3.92. The molecule has 0 unspecified atom stereocenters. The summed E-state index contributed by atoms with van der Waals surface area (Å²) in [6, 6.07) is 12.0. The van der Waals surface area contributed by atoms with Crippen LogP contribution in [0.3, 0.4) is 0 Å². The molecule has 3 rings (SSSR count). The highest BCUT2D eigenvalue weighted by Crippen LogP contribution is 2.21. The van der Waals surface area contributed by atoms with Gasteiger partial charge >= 0.3 is 0 Å². The molecule has 0 bridgehead atoms. The van der Waals surface area contributed by atoms with Crippen molar-refractivity contribution in [2.24, 2.45) is 0 Å². The number of halogens is 2. The van der Waals surface area contributed by atoms with Gasteiger partial charge in [-0.25, -0.2) is 13.8 Å². The van der Waals surface area contributed by atoms with E-state index in [0.29, 0.717) is 17.1 Å². The smallest absolute Gasteiger partial charge is 0.256 e. The van der Waals surface area contributed by atoms with Crippen molar-refractivity contribution in [3.63, 3.8) is 0 Å². The normalized spacial score (nSPS) is 10.5. The van der Waals surface area contributed by atoms with E-state index in [-0.39, 0.29) is 11.6 Å². The Morgan fingerprint density at radius 2 is 1.77 bits per heavy atom. The van der Waals surface area contributed by atoms with Crippen LogP contribution in [0.5, 0.6) is 0 Å². The number of aromatic nitrogens is 1. The standard InChI is InChI=1S/C20H17F2N3O/c1-12-3-4-14(9-13(12)2)20(26)25-19-8-6-16(11-23-19)24-18-7-5-15(21)10-17(18)22/h3-11,24H,1-2H3,(H,23,25,26). The Kier molecular flexibility index (Phi) is 4.93. The van der Waals surface area contributed by atoms with Gasteiger partial charge in [0, 0.05) is 11.6 Å². The second kappa shape index (κ2) is 7.31. The van der Waals surface area contributed by atoms with Crippen LogP contribution in [-0.4, -0.2) is 10.9 Å². The monoisotopic (exact) mass is 353 g/mol. The van der Waals surface area contributed by atoms with Gasteiger partial charge < -0.3 is 10.6 Å². The highest BCUT2D eigenvalue weighted by Gasteiger charge is 2.09. The molecule has 0 saturated heterocycles. The number of nitrogens with one attached hydrogen (secondary N) is 2. The molecule has 0 radical (unpaired) electrons. The molecule has 2 aromatic carbocycles. The van der Waals surface area contributed by atoms with E-state index in [0.717, 1.165) is 23.3 Å². The lowest BCUT2D eigenvalue weighted by Gasteiger charge is -2.09. The molecule has 6 heteroatoms. The van der Waals surface area contributed by atoms with Gasteiger partial charge in [0.2, 0.25) is 0 Å². The van der Waals surface area contributed by atoms with Crippen molar-refractivity contribution in [3.8, 4) is 0 Å². The van der Waals surface area contributed by atoms with Crippen molar-refractivity contribution in [1.29, 1.82) is 0 Å². The quantitative estimate of drug-likeness (QED) is 0.696. The van der Waals surface area contributed by atoms with Gasteiger partial charge in [-0.05, 0) is 61.4 Å². The topological polar surface area (TPSA) is 54.0 Å². The molecule has 0 saturated carbocycles. The van der Waals surface area contributed by atoms with Gasteiger partial charge in [-0.1, -0.05) is 6.07 Å². The lowest BCUT2D eigenvalue weighted by atomic mass is 10.1. The molecule has 4 nitrogen and oxygen atoms in total. The fourth-order valence-electron chi connectivity index (χ4n) is 2.36. The fraction of sp³-hybridized carbons (Fsp3) is 0.100. The average Bonchev–Trinajstić information content (AvgIpc) is 2.61. The summed E-state index contributed by atoms with van der Waals surface area (Å²) in [5.41, 5.74) is 3.35. The summed E-state index contributed by atoms with van der Waals surface area (Å²) in [6.07, 6.45) is 1.46. The number of carbonyl (C=O) groups is 1.